The van der Waals surface area contributed by atoms with Crippen LogP contribution in [0.2, 0.25) is 0 Å². The lowest BCUT2D eigenvalue weighted by Gasteiger charge is -2.26. The van der Waals surface area contributed by atoms with Gasteiger partial charge in [-0.25, -0.2) is 29.9 Å². The molecule has 7 aromatic rings. The number of hydrogen-bond donors (Lipinski definition) is 0. The van der Waals surface area contributed by atoms with Crippen LogP contribution in [0.4, 0.5) is 0 Å². The second-order valence-corrected chi connectivity index (χ2v) is 20.2. The predicted molar refractivity (Wildman–Crippen MR) is 290 cm³/mol. The molecule has 0 bridgehead atoms. The molecule has 70 heavy (non-hydrogen) atoms. The van der Waals surface area contributed by atoms with E-state index >= 15 is 0 Å². The van der Waals surface area contributed by atoms with Gasteiger partial charge in [-0.1, -0.05) is 215 Å². The first-order chi connectivity index (χ1) is 33.9. The van der Waals surface area contributed by atoms with Gasteiger partial charge in [-0.2, -0.15) is 0 Å². The van der Waals surface area contributed by atoms with Crippen LogP contribution in [0.15, 0.2) is 182 Å². The van der Waals surface area contributed by atoms with Gasteiger partial charge in [0.25, 0.3) is 0 Å². The Bertz CT molecular complexity index is 3290. The predicted octanol–water partition coefficient (Wildman–Crippen LogP) is 15.7. The molecule has 10 rings (SSSR count). The summed E-state index contributed by atoms with van der Waals surface area (Å²) in [4.78, 5) is 30.2. The average Bonchev–Trinajstić information content (AvgIpc) is 3.39. The lowest BCUT2D eigenvalue weighted by Crippen LogP contribution is -2.15. The third kappa shape index (κ3) is 10.3. The van der Waals surface area contributed by atoms with Gasteiger partial charge in [-0.05, 0) is 102 Å². The molecular weight excluding hydrogens is 853 g/mol. The third-order valence-corrected chi connectivity index (χ3v) is 13.7. The zero-order valence-electron chi connectivity index (χ0n) is 41.2. The van der Waals surface area contributed by atoms with Crippen LogP contribution in [0.5, 0.6) is 0 Å². The standard InChI is InChI=1S/C64H60N6/c1-41-14-22-48(23-15-41)58-65-59(49-24-16-42(2)17-25-49)68-62(67-58)52-34-30-46(31-35-52)55-12-8-9-38-64(6,7)40-54-11-10-13-56(57(54)39-45(55)5)47-32-36-53(37-33-47)63-69-60(50-26-18-43(3)19-27-50)66-61(70-63)51-28-20-44(4)21-29-51/h8-16,18-20,22-37,42,44H,5,17,21,38-40H2,1-4,6-7H3/b9-8-,55-12+. The highest BCUT2D eigenvalue weighted by atomic mass is 15.0. The monoisotopic (exact) mass is 912 g/mol. The van der Waals surface area contributed by atoms with Crippen LogP contribution >= 0.6 is 0 Å². The molecule has 0 aliphatic heterocycles. The van der Waals surface area contributed by atoms with E-state index in [2.05, 4.69) is 211 Å². The number of hydrogen-bond acceptors (Lipinski definition) is 6. The molecule has 0 spiro atoms. The first-order valence-electron chi connectivity index (χ1n) is 24.7. The lowest BCUT2D eigenvalue weighted by molar-refractivity contribution is 0.368. The lowest BCUT2D eigenvalue weighted by atomic mass is 9.79. The zero-order valence-corrected chi connectivity index (χ0v) is 41.2. The number of aromatic nitrogens is 6. The zero-order chi connectivity index (χ0) is 48.4. The SMILES string of the molecule is C=C1Cc2c(cccc2-c2ccc(-c3nc(C4=CCC(C)C=C4)nc(-c4ccc(C)cc4)n3)cc2)CC(C)(C)C/C=C\C=C/1c1ccc(-c2nc(C3=CCC(C)C=C3)nc(-c3ccc(C)cc3)n2)cc1. The fourth-order valence-electron chi connectivity index (χ4n) is 9.46. The fraction of sp³-hybridized carbons (Fsp3) is 0.219. The molecule has 0 saturated carbocycles. The molecule has 6 heteroatoms. The van der Waals surface area contributed by atoms with E-state index in [9.17, 15) is 0 Å². The summed E-state index contributed by atoms with van der Waals surface area (Å²) in [6, 6.07) is 41.0. The molecule has 2 atom stereocenters. The van der Waals surface area contributed by atoms with Crippen molar-refractivity contribution in [3.05, 3.63) is 222 Å². The molecule has 5 aromatic carbocycles. The van der Waals surface area contributed by atoms with Gasteiger partial charge in [0.05, 0.1) is 0 Å². The van der Waals surface area contributed by atoms with Crippen LogP contribution < -0.4 is 0 Å². The Morgan fingerprint density at radius 2 is 0.943 bits per heavy atom. The highest BCUT2D eigenvalue weighted by molar-refractivity contribution is 5.83. The molecule has 2 unspecified atom stereocenters. The van der Waals surface area contributed by atoms with E-state index in [4.69, 9.17) is 36.5 Å². The van der Waals surface area contributed by atoms with E-state index in [0.717, 1.165) is 81.4 Å². The molecule has 2 aromatic heterocycles. The van der Waals surface area contributed by atoms with E-state index in [1.54, 1.807) is 0 Å². The highest BCUT2D eigenvalue weighted by Gasteiger charge is 2.23. The van der Waals surface area contributed by atoms with E-state index in [1.807, 2.05) is 0 Å². The molecule has 0 radical (unpaired) electrons. The van der Waals surface area contributed by atoms with Gasteiger partial charge in [0.1, 0.15) is 0 Å². The van der Waals surface area contributed by atoms with Gasteiger partial charge in [0, 0.05) is 33.4 Å². The summed E-state index contributed by atoms with van der Waals surface area (Å²) in [5.74, 6) is 5.02. The maximum absolute atomic E-state index is 5.07. The van der Waals surface area contributed by atoms with Gasteiger partial charge in [-0.3, -0.25) is 0 Å². The minimum Gasteiger partial charge on any atom is -0.208 e. The maximum atomic E-state index is 5.07. The fourth-order valence-corrected chi connectivity index (χ4v) is 9.46. The molecule has 0 amide bonds. The van der Waals surface area contributed by atoms with E-state index < -0.39 is 0 Å². The first-order valence-corrected chi connectivity index (χ1v) is 24.7. The van der Waals surface area contributed by atoms with Gasteiger partial charge in [-0.15, -0.1) is 0 Å². The quantitative estimate of drug-likeness (QED) is 0.151. The van der Waals surface area contributed by atoms with Crippen LogP contribution in [0.3, 0.4) is 0 Å². The number of rotatable bonds is 8. The van der Waals surface area contributed by atoms with Crippen molar-refractivity contribution in [2.45, 2.75) is 73.6 Å². The van der Waals surface area contributed by atoms with E-state index in [0.29, 0.717) is 53.2 Å². The largest absolute Gasteiger partial charge is 0.208 e. The molecule has 346 valence electrons. The number of nitrogens with zero attached hydrogens (tertiary/aromatic N) is 6. The van der Waals surface area contributed by atoms with Crippen LogP contribution in [-0.2, 0) is 12.8 Å². The summed E-state index contributed by atoms with van der Waals surface area (Å²) in [5.41, 5.74) is 16.6. The summed E-state index contributed by atoms with van der Waals surface area (Å²) in [5, 5.41) is 0. The number of benzene rings is 5. The Hall–Kier alpha value is -7.70. The number of fused-ring (bicyclic) bond motifs is 1. The smallest absolute Gasteiger partial charge is 0.164 e. The van der Waals surface area contributed by atoms with Crippen LogP contribution in [-0.4, -0.2) is 29.9 Å². The molecule has 2 heterocycles. The van der Waals surface area contributed by atoms with E-state index in [-0.39, 0.29) is 5.41 Å². The molecule has 3 aliphatic rings. The molecular formula is C64H60N6. The average molecular weight is 913 g/mol. The van der Waals surface area contributed by atoms with Crippen LogP contribution in [0.25, 0.3) is 73.4 Å². The Morgan fingerprint density at radius 3 is 1.40 bits per heavy atom. The molecule has 0 N–H and O–H groups in total. The van der Waals surface area contributed by atoms with Crippen molar-refractivity contribution in [2.24, 2.45) is 17.3 Å². The number of allylic oxidation sites excluding steroid dienone is 13. The summed E-state index contributed by atoms with van der Waals surface area (Å²) >= 11 is 0. The minimum absolute atomic E-state index is 0.0458. The summed E-state index contributed by atoms with van der Waals surface area (Å²) < 4.78 is 0. The van der Waals surface area contributed by atoms with Crippen LogP contribution in [0.1, 0.15) is 86.4 Å². The normalized spacial score (nSPS) is 19.0. The van der Waals surface area contributed by atoms with Gasteiger partial charge in [0.15, 0.2) is 34.9 Å². The molecule has 0 fully saturated rings. The van der Waals surface area contributed by atoms with E-state index in [1.165, 1.54) is 27.8 Å². The summed E-state index contributed by atoms with van der Waals surface area (Å²) in [6.45, 7) is 18.2. The third-order valence-electron chi connectivity index (χ3n) is 13.7. The molecule has 0 saturated heterocycles. The second-order valence-electron chi connectivity index (χ2n) is 20.2. The maximum Gasteiger partial charge on any atom is 0.164 e. The Kier molecular flexibility index (Phi) is 13.0. The van der Waals surface area contributed by atoms with Crippen LogP contribution in [0, 0.1) is 31.1 Å². The molecule has 6 nitrogen and oxygen atoms in total. The van der Waals surface area contributed by atoms with Gasteiger partial charge < -0.3 is 0 Å². The highest BCUT2D eigenvalue weighted by Crippen LogP contribution is 2.38. The Morgan fingerprint density at radius 1 is 0.514 bits per heavy atom. The molecule has 3 aliphatic carbocycles. The van der Waals surface area contributed by atoms with Crippen molar-refractivity contribution in [3.8, 4) is 56.7 Å². The van der Waals surface area contributed by atoms with Crippen molar-refractivity contribution >= 4 is 16.7 Å². The topological polar surface area (TPSA) is 77.3 Å². The first kappa shape index (κ1) is 46.1. The Labute approximate surface area is 413 Å². The second kappa shape index (κ2) is 19.7. The summed E-state index contributed by atoms with van der Waals surface area (Å²) in [6.07, 6.45) is 24.5. The minimum atomic E-state index is 0.0458. The van der Waals surface area contributed by atoms with Crippen molar-refractivity contribution in [1.82, 2.24) is 29.9 Å². The van der Waals surface area contributed by atoms with Gasteiger partial charge >= 0.3 is 0 Å². The van der Waals surface area contributed by atoms with Crippen molar-refractivity contribution in [3.63, 3.8) is 0 Å². The Balaban J connectivity index is 0.977. The van der Waals surface area contributed by atoms with Gasteiger partial charge in [0.2, 0.25) is 0 Å². The summed E-state index contributed by atoms with van der Waals surface area (Å²) in [7, 11) is 0. The van der Waals surface area contributed by atoms with Crippen molar-refractivity contribution < 1.29 is 0 Å². The van der Waals surface area contributed by atoms with Crippen molar-refractivity contribution in [1.29, 1.82) is 0 Å². The van der Waals surface area contributed by atoms with Crippen molar-refractivity contribution in [2.75, 3.05) is 0 Å². The number of aryl methyl sites for hydroxylation is 2.